The number of hydrogen-bond acceptors (Lipinski definition) is 6. The van der Waals surface area contributed by atoms with Crippen molar-refractivity contribution in [1.82, 2.24) is 20.3 Å². The van der Waals surface area contributed by atoms with Gasteiger partial charge in [-0.15, -0.1) is 0 Å². The molecule has 0 aliphatic heterocycles. The van der Waals surface area contributed by atoms with Crippen LogP contribution in [0, 0.1) is 6.92 Å². The zero-order valence-electron chi connectivity index (χ0n) is 11.0. The van der Waals surface area contributed by atoms with Crippen LogP contribution in [0.5, 0.6) is 0 Å². The Kier molecular flexibility index (Phi) is 3.69. The van der Waals surface area contributed by atoms with Crippen LogP contribution in [0.15, 0.2) is 16.7 Å². The molecule has 0 aromatic carbocycles. The van der Waals surface area contributed by atoms with E-state index < -0.39 is 0 Å². The smallest absolute Gasteiger partial charge is 0.272 e. The Balaban J connectivity index is 1.92. The largest absolute Gasteiger partial charge is 0.382 e. The summed E-state index contributed by atoms with van der Waals surface area (Å²) in [4.78, 5) is 24.9. The molecule has 2 aromatic rings. The molecule has 0 aliphatic carbocycles. The van der Waals surface area contributed by atoms with Gasteiger partial charge in [0.25, 0.3) is 5.91 Å². The van der Waals surface area contributed by atoms with Crippen molar-refractivity contribution in [2.45, 2.75) is 6.92 Å². The molecular weight excluding hydrogens is 264 g/mol. The summed E-state index contributed by atoms with van der Waals surface area (Å²) in [5.41, 5.74) is 5.63. The van der Waals surface area contributed by atoms with E-state index in [1.807, 2.05) is 0 Å². The highest BCUT2D eigenvalue weighted by Gasteiger charge is 2.17. The second kappa shape index (κ2) is 5.43. The lowest BCUT2D eigenvalue weighted by Crippen LogP contribution is -2.35. The molecule has 0 atom stereocenters. The molecule has 20 heavy (non-hydrogen) atoms. The fourth-order valence-corrected chi connectivity index (χ4v) is 1.55. The molecule has 0 bridgehead atoms. The number of nitrogen functional groups attached to an aromatic ring is 1. The minimum atomic E-state index is -0.388. The number of nitrogens with two attached hydrogens (primary N) is 1. The number of carbonyl (C=O) groups is 2. The van der Waals surface area contributed by atoms with Crippen LogP contribution in [0.25, 0.3) is 0 Å². The van der Waals surface area contributed by atoms with E-state index >= 15 is 0 Å². The lowest BCUT2D eigenvalue weighted by molar-refractivity contribution is -0.116. The Labute approximate surface area is 114 Å². The topological polar surface area (TPSA) is 130 Å². The van der Waals surface area contributed by atoms with Gasteiger partial charge in [0.2, 0.25) is 5.91 Å². The second-order valence-electron chi connectivity index (χ2n) is 4.24. The molecule has 2 rings (SSSR count). The van der Waals surface area contributed by atoms with Crippen molar-refractivity contribution in [2.75, 3.05) is 24.6 Å². The van der Waals surface area contributed by atoms with Crippen LogP contribution >= 0.6 is 0 Å². The molecule has 9 heteroatoms. The summed E-state index contributed by atoms with van der Waals surface area (Å²) < 4.78 is 4.82. The molecule has 0 unspecified atom stereocenters. The Bertz CT molecular complexity index is 632. The number of aromatic amines is 1. The van der Waals surface area contributed by atoms with Crippen molar-refractivity contribution in [1.29, 1.82) is 0 Å². The summed E-state index contributed by atoms with van der Waals surface area (Å²) in [5, 5.41) is 12.3. The molecule has 106 valence electrons. The quantitative estimate of drug-likeness (QED) is 0.721. The first-order valence-electron chi connectivity index (χ1n) is 5.75. The van der Waals surface area contributed by atoms with Gasteiger partial charge in [-0.25, -0.2) is 0 Å². The highest BCUT2D eigenvalue weighted by atomic mass is 16.5. The van der Waals surface area contributed by atoms with Gasteiger partial charge in [0.05, 0.1) is 6.54 Å². The monoisotopic (exact) mass is 278 g/mol. The summed E-state index contributed by atoms with van der Waals surface area (Å²) in [6.45, 7) is 1.57. The third-order valence-corrected chi connectivity index (χ3v) is 2.45. The summed E-state index contributed by atoms with van der Waals surface area (Å²) in [6, 6.07) is 2.98. The molecule has 0 spiro atoms. The van der Waals surface area contributed by atoms with Crippen molar-refractivity contribution in [3.63, 3.8) is 0 Å². The molecule has 0 saturated carbocycles. The third-order valence-electron chi connectivity index (χ3n) is 2.45. The van der Waals surface area contributed by atoms with Crippen LogP contribution in [-0.4, -0.2) is 45.7 Å². The van der Waals surface area contributed by atoms with Crippen LogP contribution in [0.1, 0.15) is 16.2 Å². The summed E-state index contributed by atoms with van der Waals surface area (Å²) in [7, 11) is 1.49. The third kappa shape index (κ3) is 3.13. The van der Waals surface area contributed by atoms with Crippen molar-refractivity contribution < 1.29 is 14.1 Å². The van der Waals surface area contributed by atoms with Crippen LogP contribution in [-0.2, 0) is 4.79 Å². The van der Waals surface area contributed by atoms with Gasteiger partial charge in [-0.1, -0.05) is 5.16 Å². The number of rotatable bonds is 4. The Hall–Kier alpha value is -2.84. The highest BCUT2D eigenvalue weighted by molar-refractivity contribution is 5.98. The van der Waals surface area contributed by atoms with Gasteiger partial charge in [-0.3, -0.25) is 14.7 Å². The predicted octanol–water partition coefficient (Wildman–Crippen LogP) is -0.000980. The van der Waals surface area contributed by atoms with Gasteiger partial charge in [-0.05, 0) is 6.92 Å². The average Bonchev–Trinajstić information content (AvgIpc) is 2.97. The summed E-state index contributed by atoms with van der Waals surface area (Å²) in [6.07, 6.45) is 0. The number of amides is 2. The Morgan fingerprint density at radius 3 is 2.80 bits per heavy atom. The number of aromatic nitrogens is 3. The van der Waals surface area contributed by atoms with Crippen molar-refractivity contribution in [3.05, 3.63) is 23.6 Å². The molecular formula is C11H14N6O3. The SMILES string of the molecule is Cc1cc(NC(=O)CN(C)C(=O)c2cc(N)n[nH]2)no1. The number of carbonyl (C=O) groups excluding carboxylic acids is 2. The second-order valence-corrected chi connectivity index (χ2v) is 4.24. The zero-order valence-corrected chi connectivity index (χ0v) is 11.0. The first-order valence-corrected chi connectivity index (χ1v) is 5.75. The normalized spacial score (nSPS) is 10.3. The lowest BCUT2D eigenvalue weighted by atomic mass is 10.3. The lowest BCUT2D eigenvalue weighted by Gasteiger charge is -2.14. The fourth-order valence-electron chi connectivity index (χ4n) is 1.55. The number of aryl methyl sites for hydroxylation is 1. The number of nitrogens with one attached hydrogen (secondary N) is 2. The predicted molar refractivity (Wildman–Crippen MR) is 69.8 cm³/mol. The molecule has 4 N–H and O–H groups in total. The van der Waals surface area contributed by atoms with E-state index in [9.17, 15) is 9.59 Å². The van der Waals surface area contributed by atoms with Gasteiger partial charge in [0.15, 0.2) is 5.82 Å². The minimum Gasteiger partial charge on any atom is -0.382 e. The van der Waals surface area contributed by atoms with Gasteiger partial charge < -0.3 is 20.5 Å². The van der Waals surface area contributed by atoms with Crippen molar-refractivity contribution >= 4 is 23.5 Å². The molecule has 2 heterocycles. The first-order chi connectivity index (χ1) is 9.45. The van der Waals surface area contributed by atoms with Gasteiger partial charge in [-0.2, -0.15) is 5.10 Å². The number of likely N-dealkylation sites (N-methyl/N-ethyl adjacent to an activating group) is 1. The molecule has 9 nitrogen and oxygen atoms in total. The highest BCUT2D eigenvalue weighted by Crippen LogP contribution is 2.07. The standard InChI is InChI=1S/C11H14N6O3/c1-6-3-9(16-20-6)13-10(18)5-17(2)11(19)7-4-8(12)15-14-7/h3-4H,5H2,1-2H3,(H3,12,14,15)(H,13,16,18). The molecule has 0 radical (unpaired) electrons. The Morgan fingerprint density at radius 1 is 1.50 bits per heavy atom. The van der Waals surface area contributed by atoms with E-state index in [2.05, 4.69) is 20.7 Å². The minimum absolute atomic E-state index is 0.135. The summed E-state index contributed by atoms with van der Waals surface area (Å²) >= 11 is 0. The number of H-pyrrole nitrogens is 1. The maximum absolute atomic E-state index is 11.9. The summed E-state index contributed by atoms with van der Waals surface area (Å²) in [5.74, 6) is 0.323. The molecule has 2 aromatic heterocycles. The van der Waals surface area contributed by atoms with Crippen LogP contribution in [0.3, 0.4) is 0 Å². The maximum Gasteiger partial charge on any atom is 0.272 e. The van der Waals surface area contributed by atoms with Crippen LogP contribution < -0.4 is 11.1 Å². The zero-order chi connectivity index (χ0) is 14.7. The first kappa shape index (κ1) is 13.6. The van der Waals surface area contributed by atoms with E-state index in [0.29, 0.717) is 11.6 Å². The van der Waals surface area contributed by atoms with Crippen LogP contribution in [0.4, 0.5) is 11.6 Å². The molecule has 0 aliphatic rings. The van der Waals surface area contributed by atoms with E-state index in [-0.39, 0.29) is 29.9 Å². The maximum atomic E-state index is 11.9. The van der Waals surface area contributed by atoms with Crippen molar-refractivity contribution in [3.8, 4) is 0 Å². The van der Waals surface area contributed by atoms with E-state index in [1.54, 1.807) is 13.0 Å². The fraction of sp³-hybridized carbons (Fsp3) is 0.273. The van der Waals surface area contributed by atoms with Gasteiger partial charge in [0, 0.05) is 19.2 Å². The number of anilines is 2. The Morgan fingerprint density at radius 2 is 2.25 bits per heavy atom. The average molecular weight is 278 g/mol. The molecule has 0 fully saturated rings. The van der Waals surface area contributed by atoms with E-state index in [1.165, 1.54) is 18.0 Å². The van der Waals surface area contributed by atoms with E-state index in [0.717, 1.165) is 0 Å². The molecule has 0 saturated heterocycles. The van der Waals surface area contributed by atoms with E-state index in [4.69, 9.17) is 10.3 Å². The van der Waals surface area contributed by atoms with Crippen molar-refractivity contribution in [2.24, 2.45) is 0 Å². The molecule has 2 amide bonds. The van der Waals surface area contributed by atoms with Crippen LogP contribution in [0.2, 0.25) is 0 Å². The van der Waals surface area contributed by atoms with Gasteiger partial charge >= 0.3 is 0 Å². The number of hydrogen-bond donors (Lipinski definition) is 3. The number of nitrogens with zero attached hydrogens (tertiary/aromatic N) is 3. The van der Waals surface area contributed by atoms with Gasteiger partial charge in [0.1, 0.15) is 17.3 Å².